The first-order valence-corrected chi connectivity index (χ1v) is 27.1. The molecule has 5 aliphatic rings. The lowest BCUT2D eigenvalue weighted by molar-refractivity contribution is 0.00578. The second-order valence-corrected chi connectivity index (χ2v) is 23.2. The minimum atomic E-state index is -0.334. The Hall–Kier alpha value is -6.11. The summed E-state index contributed by atoms with van der Waals surface area (Å²) in [6.07, 6.45) is 8.61. The zero-order valence-electron chi connectivity index (χ0n) is 46.2. The van der Waals surface area contributed by atoms with E-state index < -0.39 is 0 Å². The molecule has 2 aromatic carbocycles. The third-order valence-electron chi connectivity index (χ3n) is 15.5. The summed E-state index contributed by atoms with van der Waals surface area (Å²) in [5.74, 6) is 5.72. The van der Waals surface area contributed by atoms with Gasteiger partial charge in [-0.3, -0.25) is 0 Å². The van der Waals surface area contributed by atoms with Crippen molar-refractivity contribution < 1.29 is 18.8 Å². The van der Waals surface area contributed by atoms with E-state index >= 15 is 0 Å². The van der Waals surface area contributed by atoms with Gasteiger partial charge in [0.1, 0.15) is 52.6 Å². The van der Waals surface area contributed by atoms with Crippen molar-refractivity contribution in [2.75, 3.05) is 113 Å². The molecule has 0 radical (unpaired) electrons. The highest BCUT2D eigenvalue weighted by Gasteiger charge is 2.52. The largest absolute Gasteiger partial charge is 0.496 e. The van der Waals surface area contributed by atoms with Crippen molar-refractivity contribution in [3.05, 3.63) is 125 Å². The molecule has 2 N–H and O–H groups in total. The van der Waals surface area contributed by atoms with E-state index in [1.807, 2.05) is 18.5 Å². The maximum absolute atomic E-state index is 6.07. The van der Waals surface area contributed by atoms with Gasteiger partial charge in [-0.2, -0.15) is 0 Å². The van der Waals surface area contributed by atoms with Gasteiger partial charge in [0.25, 0.3) is 0 Å². The van der Waals surface area contributed by atoms with E-state index in [-0.39, 0.29) is 29.2 Å². The predicted molar refractivity (Wildman–Crippen MR) is 306 cm³/mol. The van der Waals surface area contributed by atoms with Crippen LogP contribution in [0.25, 0.3) is 11.3 Å². The lowest BCUT2D eigenvalue weighted by Crippen LogP contribution is -2.45. The predicted octanol–water partition coefficient (Wildman–Crippen LogP) is 8.20. The van der Waals surface area contributed by atoms with Crippen LogP contribution < -0.4 is 35.4 Å². The fourth-order valence-electron chi connectivity index (χ4n) is 9.82. The van der Waals surface area contributed by atoms with Gasteiger partial charge >= 0.3 is 7.12 Å². The molecule has 3 saturated heterocycles. The van der Waals surface area contributed by atoms with Crippen molar-refractivity contribution in [1.29, 1.82) is 0 Å². The molecule has 76 heavy (non-hydrogen) atoms. The Kier molecular flexibility index (Phi) is 16.7. The van der Waals surface area contributed by atoms with E-state index in [0.717, 1.165) is 143 Å². The van der Waals surface area contributed by atoms with Crippen LogP contribution in [0.1, 0.15) is 77.6 Å². The second-order valence-electron chi connectivity index (χ2n) is 22.8. The summed E-state index contributed by atoms with van der Waals surface area (Å²) in [4.78, 5) is 35.5. The van der Waals surface area contributed by atoms with Gasteiger partial charge in [-0.25, -0.2) is 29.9 Å². The fraction of sp³-hybridized carbons (Fsp3) is 0.483. The Morgan fingerprint density at radius 3 is 1.51 bits per heavy atom. The molecule has 16 nitrogen and oxygen atoms in total. The summed E-state index contributed by atoms with van der Waals surface area (Å²) in [5, 5.41) is 7.14. The summed E-state index contributed by atoms with van der Waals surface area (Å²) >= 11 is 5.84. The number of benzene rings is 2. The number of nitrogens with zero attached hydrogens (tertiary/aromatic N) is 10. The Morgan fingerprint density at radius 1 is 0.553 bits per heavy atom. The molecular weight excluding hydrogens is 975 g/mol. The highest BCUT2D eigenvalue weighted by atomic mass is 35.5. The lowest BCUT2D eigenvalue weighted by atomic mass is 9.80. The van der Waals surface area contributed by atoms with Gasteiger partial charge in [0, 0.05) is 123 Å². The number of halogens is 1. The van der Waals surface area contributed by atoms with Crippen LogP contribution >= 0.6 is 11.6 Å². The van der Waals surface area contributed by atoms with Gasteiger partial charge in [0.2, 0.25) is 0 Å². The number of nitrogens with one attached hydrogen (secondary N) is 2. The van der Waals surface area contributed by atoms with Gasteiger partial charge in [-0.05, 0) is 84.0 Å². The van der Waals surface area contributed by atoms with Gasteiger partial charge < -0.3 is 49.0 Å². The van der Waals surface area contributed by atoms with Crippen LogP contribution in [0.15, 0.2) is 97.8 Å². The van der Waals surface area contributed by atoms with Crippen molar-refractivity contribution in [2.45, 2.75) is 90.3 Å². The minimum absolute atomic E-state index is 0.0776. The Balaban J connectivity index is 0.000000145. The van der Waals surface area contributed by atoms with Crippen LogP contribution in [0.5, 0.6) is 11.5 Å². The number of rotatable bonds is 12. The van der Waals surface area contributed by atoms with E-state index in [4.69, 9.17) is 35.4 Å². The topological polar surface area (TPSA) is 151 Å². The third-order valence-corrected chi connectivity index (χ3v) is 15.7. The average molecular weight is 1050 g/mol. The van der Waals surface area contributed by atoms with Crippen LogP contribution in [0.3, 0.4) is 0 Å². The molecule has 0 bridgehead atoms. The van der Waals surface area contributed by atoms with Crippen molar-refractivity contribution >= 4 is 47.5 Å². The molecule has 0 spiro atoms. The number of aromatic nitrogens is 6. The molecule has 5 aliphatic heterocycles. The van der Waals surface area contributed by atoms with Crippen LogP contribution in [-0.2, 0) is 33.0 Å². The van der Waals surface area contributed by atoms with Gasteiger partial charge in [0.05, 0.1) is 30.1 Å². The Bertz CT molecular complexity index is 2880. The summed E-state index contributed by atoms with van der Waals surface area (Å²) in [7, 11) is 3.99. The van der Waals surface area contributed by atoms with Crippen LogP contribution in [0, 0.1) is 0 Å². The number of hydrogen-bond acceptors (Lipinski definition) is 16. The first kappa shape index (κ1) is 54.7. The molecule has 6 aromatic rings. The average Bonchev–Trinajstić information content (AvgIpc) is 3.99. The maximum Gasteiger partial charge on any atom is 0.496 e. The van der Waals surface area contributed by atoms with Crippen molar-refractivity contribution in [3.8, 4) is 22.8 Å². The molecule has 0 aliphatic carbocycles. The standard InChI is InChI=1S/C26H32N6O.C16H26BN3O2.C16H18ClN3O/c1-26(2)17-33-25-19(5-4-6-21(25)26)9-10-27-23-15-22(29-18-30-23)20-7-8-24(28-16-20)32-13-11-31(3)12-14-32;1-15(2)16(3,4)22-17(21-15)13-6-7-14(18-12-13)20-10-8-19(5)9-11-20;1-16(2)9-21-15-11(4-3-5-12(15)16)6-7-18-14-8-13(17)19-10-20-14/h4-8,15-16,18H,9-14,17H2,1-3H3,(H,27,29,30);6-7,12H,8-11H2,1-5H3;3-5,8,10H,6-7,9H2,1-2H3,(H,18,19,20). The van der Waals surface area contributed by atoms with Crippen LogP contribution in [0.2, 0.25) is 5.15 Å². The van der Waals surface area contributed by atoms with Crippen molar-refractivity contribution in [2.24, 2.45) is 0 Å². The Morgan fingerprint density at radius 2 is 1.04 bits per heavy atom. The SMILES string of the molecule is CC1(C)COc2c(CCNc3cc(Cl)ncn3)cccc21.CN1CCN(c2ccc(-c3cc(NCCc4cccc5c4OCC5(C)C)ncn3)cn2)CC1.CN1CCN(c2ccc(B3OC(C)(C)C(C)(C)O3)cn2)CC1. The molecule has 0 amide bonds. The van der Waals surface area contributed by atoms with Gasteiger partial charge in [-0.1, -0.05) is 81.8 Å². The number of ether oxygens (including phenoxy) is 2. The molecule has 9 heterocycles. The number of likely N-dealkylation sites (N-methyl/N-ethyl adjacent to an activating group) is 2. The highest BCUT2D eigenvalue weighted by Crippen LogP contribution is 2.42. The number of hydrogen-bond donors (Lipinski definition) is 2. The van der Waals surface area contributed by atoms with E-state index in [2.05, 4.69) is 185 Å². The zero-order chi connectivity index (χ0) is 53.7. The fourth-order valence-corrected chi connectivity index (χ4v) is 9.97. The Labute approximate surface area is 455 Å². The molecule has 0 atom stereocenters. The number of para-hydroxylation sites is 2. The number of pyridine rings is 2. The smallest absolute Gasteiger partial charge is 0.492 e. The number of anilines is 4. The normalized spacial score (nSPS) is 19.0. The van der Waals surface area contributed by atoms with Crippen LogP contribution in [0.4, 0.5) is 23.3 Å². The molecular formula is C58H76BClN12O4. The molecule has 11 rings (SSSR count). The minimum Gasteiger partial charge on any atom is -0.492 e. The second kappa shape index (κ2) is 23.2. The summed E-state index contributed by atoms with van der Waals surface area (Å²) in [6.45, 7) is 28.6. The first-order valence-electron chi connectivity index (χ1n) is 26.8. The number of fused-ring (bicyclic) bond motifs is 2. The van der Waals surface area contributed by atoms with Crippen molar-refractivity contribution in [1.82, 2.24) is 39.7 Å². The van der Waals surface area contributed by atoms with Gasteiger partial charge in [0.15, 0.2) is 0 Å². The van der Waals surface area contributed by atoms with E-state index in [1.165, 1.54) is 28.6 Å². The summed E-state index contributed by atoms with van der Waals surface area (Å²) < 4.78 is 24.0. The quantitative estimate of drug-likeness (QED) is 0.0895. The van der Waals surface area contributed by atoms with Crippen molar-refractivity contribution in [3.63, 3.8) is 0 Å². The maximum atomic E-state index is 6.07. The molecule has 0 unspecified atom stereocenters. The van der Waals surface area contributed by atoms with E-state index in [1.54, 1.807) is 12.4 Å². The van der Waals surface area contributed by atoms with E-state index in [9.17, 15) is 0 Å². The lowest BCUT2D eigenvalue weighted by Gasteiger charge is -2.33. The molecule has 3 fully saturated rings. The molecule has 402 valence electrons. The highest BCUT2D eigenvalue weighted by molar-refractivity contribution is 6.62. The third kappa shape index (κ3) is 13.0. The molecule has 0 saturated carbocycles. The molecule has 18 heteroatoms. The van der Waals surface area contributed by atoms with Crippen LogP contribution in [-0.4, -0.2) is 151 Å². The summed E-state index contributed by atoms with van der Waals surface area (Å²) in [6, 6.07) is 24.9. The zero-order valence-corrected chi connectivity index (χ0v) is 47.0. The van der Waals surface area contributed by atoms with Gasteiger partial charge in [-0.15, -0.1) is 0 Å². The molecule has 4 aromatic heterocycles. The number of piperazine rings is 2. The first-order chi connectivity index (χ1) is 36.3. The summed E-state index contributed by atoms with van der Waals surface area (Å²) in [5.41, 5.74) is 7.47. The van der Waals surface area contributed by atoms with E-state index in [0.29, 0.717) is 5.15 Å². The monoisotopic (exact) mass is 1050 g/mol.